The van der Waals surface area contributed by atoms with Gasteiger partial charge in [0, 0.05) is 23.0 Å². The van der Waals surface area contributed by atoms with Crippen molar-refractivity contribution < 1.29 is 19.4 Å². The predicted octanol–water partition coefficient (Wildman–Crippen LogP) is 5.48. The first-order chi connectivity index (χ1) is 15.4. The monoisotopic (exact) mass is 490 g/mol. The fourth-order valence-corrected chi connectivity index (χ4v) is 5.00. The number of aromatic carboxylic acids is 1. The topological polar surface area (TPSA) is 79.7 Å². The second-order valence-corrected chi connectivity index (χ2v) is 9.33. The van der Waals surface area contributed by atoms with E-state index in [0.29, 0.717) is 39.5 Å². The number of carboxylic acids is 1. The van der Waals surface area contributed by atoms with Gasteiger partial charge < -0.3 is 14.7 Å². The van der Waals surface area contributed by atoms with Crippen LogP contribution in [0.25, 0.3) is 0 Å². The van der Waals surface area contributed by atoms with Crippen LogP contribution in [-0.4, -0.2) is 40.0 Å². The molecule has 32 heavy (non-hydrogen) atoms. The van der Waals surface area contributed by atoms with Crippen molar-refractivity contribution in [3.05, 3.63) is 79.7 Å². The zero-order chi connectivity index (χ0) is 22.7. The molecule has 4 rings (SSSR count). The van der Waals surface area contributed by atoms with Gasteiger partial charge in [0.25, 0.3) is 5.91 Å². The average molecular weight is 491 g/mol. The van der Waals surface area contributed by atoms with Crippen molar-refractivity contribution in [1.82, 2.24) is 9.88 Å². The summed E-state index contributed by atoms with van der Waals surface area (Å²) in [5, 5.41) is 11.5. The number of thiazole rings is 1. The van der Waals surface area contributed by atoms with E-state index in [-0.39, 0.29) is 23.4 Å². The van der Waals surface area contributed by atoms with E-state index < -0.39 is 5.97 Å². The highest BCUT2D eigenvalue weighted by Crippen LogP contribution is 2.36. The Morgan fingerprint density at radius 3 is 2.41 bits per heavy atom. The van der Waals surface area contributed by atoms with E-state index in [4.69, 9.17) is 27.9 Å². The van der Waals surface area contributed by atoms with Crippen molar-refractivity contribution >= 4 is 46.4 Å². The number of aromatic nitrogens is 1. The van der Waals surface area contributed by atoms with Crippen molar-refractivity contribution in [1.29, 1.82) is 0 Å². The molecule has 0 radical (unpaired) electrons. The van der Waals surface area contributed by atoms with Gasteiger partial charge >= 0.3 is 5.97 Å². The minimum Gasteiger partial charge on any atom is -0.484 e. The highest BCUT2D eigenvalue weighted by molar-refractivity contribution is 7.13. The third-order valence-electron chi connectivity index (χ3n) is 5.23. The lowest BCUT2D eigenvalue weighted by molar-refractivity contribution is -0.134. The van der Waals surface area contributed by atoms with Crippen LogP contribution < -0.4 is 4.74 Å². The summed E-state index contributed by atoms with van der Waals surface area (Å²) in [7, 11) is 0. The number of ether oxygens (including phenoxy) is 1. The number of hydrogen-bond acceptors (Lipinski definition) is 5. The lowest BCUT2D eigenvalue weighted by Crippen LogP contribution is -2.34. The van der Waals surface area contributed by atoms with Crippen LogP contribution in [-0.2, 0) is 11.2 Å². The van der Waals surface area contributed by atoms with Crippen molar-refractivity contribution in [2.75, 3.05) is 13.2 Å². The number of halogens is 2. The molecule has 0 saturated carbocycles. The summed E-state index contributed by atoms with van der Waals surface area (Å²) in [5.41, 5.74) is 1.42. The fourth-order valence-electron chi connectivity index (χ4n) is 3.68. The van der Waals surface area contributed by atoms with Gasteiger partial charge in [-0.3, -0.25) is 4.79 Å². The summed E-state index contributed by atoms with van der Waals surface area (Å²) in [6, 6.07) is 13.8. The van der Waals surface area contributed by atoms with E-state index in [0.717, 1.165) is 29.7 Å². The molecule has 6 nitrogen and oxygen atoms in total. The number of likely N-dealkylation sites (tertiary alicyclic amines) is 1. The van der Waals surface area contributed by atoms with E-state index >= 15 is 0 Å². The standard InChI is InChI=1S/C23H20Cl2N2O4S/c24-15-5-3-14(4-6-15)12-18-21(23(29)30)32-22(26-18)19-2-1-11-27(19)20(28)13-31-17-9-7-16(25)8-10-17/h3-10,19H,1-2,11-13H2,(H,29,30)/t19-/m1/s1. The number of carbonyl (C=O) groups is 2. The lowest BCUT2D eigenvalue weighted by atomic mass is 10.1. The Morgan fingerprint density at radius 1 is 1.09 bits per heavy atom. The Morgan fingerprint density at radius 2 is 1.75 bits per heavy atom. The van der Waals surface area contributed by atoms with Gasteiger partial charge in [-0.2, -0.15) is 0 Å². The Kier molecular flexibility index (Phi) is 6.98. The number of rotatable bonds is 7. The summed E-state index contributed by atoms with van der Waals surface area (Å²) in [6.45, 7) is 0.481. The van der Waals surface area contributed by atoms with Crippen LogP contribution in [0.2, 0.25) is 10.0 Å². The van der Waals surface area contributed by atoms with Crippen LogP contribution in [0.3, 0.4) is 0 Å². The molecule has 166 valence electrons. The summed E-state index contributed by atoms with van der Waals surface area (Å²) >= 11 is 13.0. The largest absolute Gasteiger partial charge is 0.484 e. The molecule has 1 fully saturated rings. The lowest BCUT2D eigenvalue weighted by Gasteiger charge is -2.23. The summed E-state index contributed by atoms with van der Waals surface area (Å²) < 4.78 is 5.60. The van der Waals surface area contributed by atoms with Crippen LogP contribution in [0, 0.1) is 0 Å². The second-order valence-electron chi connectivity index (χ2n) is 7.42. The molecule has 2 heterocycles. The van der Waals surface area contributed by atoms with Crippen LogP contribution in [0.4, 0.5) is 0 Å². The van der Waals surface area contributed by atoms with Gasteiger partial charge in [0.2, 0.25) is 0 Å². The van der Waals surface area contributed by atoms with E-state index in [1.165, 1.54) is 0 Å². The fraction of sp³-hybridized carbons (Fsp3) is 0.261. The predicted molar refractivity (Wildman–Crippen MR) is 124 cm³/mol. The molecule has 1 aromatic heterocycles. The van der Waals surface area contributed by atoms with Gasteiger partial charge in [0.15, 0.2) is 6.61 Å². The third kappa shape index (κ3) is 5.23. The second kappa shape index (κ2) is 9.90. The molecule has 2 aromatic carbocycles. The summed E-state index contributed by atoms with van der Waals surface area (Å²) in [4.78, 5) is 31.2. The molecule has 1 saturated heterocycles. The van der Waals surface area contributed by atoms with Gasteiger partial charge in [-0.1, -0.05) is 35.3 Å². The first-order valence-corrected chi connectivity index (χ1v) is 11.6. The van der Waals surface area contributed by atoms with Crippen molar-refractivity contribution in [2.45, 2.75) is 25.3 Å². The quantitative estimate of drug-likeness (QED) is 0.474. The van der Waals surface area contributed by atoms with Crippen molar-refractivity contribution in [3.8, 4) is 5.75 Å². The minimum absolute atomic E-state index is 0.104. The van der Waals surface area contributed by atoms with Crippen molar-refractivity contribution in [3.63, 3.8) is 0 Å². The van der Waals surface area contributed by atoms with Gasteiger partial charge in [-0.15, -0.1) is 11.3 Å². The highest BCUT2D eigenvalue weighted by atomic mass is 35.5. The molecule has 9 heteroatoms. The smallest absolute Gasteiger partial charge is 0.347 e. The molecule has 0 unspecified atom stereocenters. The number of carbonyl (C=O) groups excluding carboxylic acids is 1. The molecular weight excluding hydrogens is 471 g/mol. The van der Waals surface area contributed by atoms with Crippen molar-refractivity contribution in [2.24, 2.45) is 0 Å². The first-order valence-electron chi connectivity index (χ1n) is 10.1. The molecule has 0 bridgehead atoms. The molecule has 0 spiro atoms. The van der Waals surface area contributed by atoms with Crippen LogP contribution in [0.15, 0.2) is 48.5 Å². The zero-order valence-electron chi connectivity index (χ0n) is 17.0. The summed E-state index contributed by atoms with van der Waals surface area (Å²) in [5.74, 6) is -0.611. The molecule has 1 amide bonds. The van der Waals surface area contributed by atoms with Crippen LogP contribution >= 0.6 is 34.5 Å². The maximum absolute atomic E-state index is 12.8. The number of carboxylic acid groups (broad SMARTS) is 1. The maximum atomic E-state index is 12.8. The Balaban J connectivity index is 1.49. The zero-order valence-corrected chi connectivity index (χ0v) is 19.3. The van der Waals surface area contributed by atoms with Gasteiger partial charge in [0.05, 0.1) is 11.7 Å². The molecule has 1 aliphatic heterocycles. The van der Waals surface area contributed by atoms with Gasteiger partial charge in [-0.05, 0) is 54.8 Å². The maximum Gasteiger partial charge on any atom is 0.347 e. The highest BCUT2D eigenvalue weighted by Gasteiger charge is 2.34. The number of benzene rings is 2. The molecular formula is C23H20Cl2N2O4S. The Labute approximate surface area is 199 Å². The molecule has 0 aliphatic carbocycles. The van der Waals surface area contributed by atoms with E-state index in [1.54, 1.807) is 41.3 Å². The van der Waals surface area contributed by atoms with E-state index in [1.807, 2.05) is 12.1 Å². The molecule has 1 N–H and O–H groups in total. The van der Waals surface area contributed by atoms with Crippen LogP contribution in [0.5, 0.6) is 5.75 Å². The molecule has 1 atom stereocenters. The number of amides is 1. The average Bonchev–Trinajstić information content (AvgIpc) is 3.42. The Bertz CT molecular complexity index is 1120. The number of hydrogen-bond donors (Lipinski definition) is 1. The van der Waals surface area contributed by atoms with Crippen LogP contribution in [0.1, 0.15) is 44.8 Å². The molecule has 3 aromatic rings. The number of nitrogens with zero attached hydrogens (tertiary/aromatic N) is 2. The van der Waals surface area contributed by atoms with Gasteiger partial charge in [-0.25, -0.2) is 9.78 Å². The van der Waals surface area contributed by atoms with E-state index in [9.17, 15) is 14.7 Å². The van der Waals surface area contributed by atoms with Gasteiger partial charge in [0.1, 0.15) is 15.6 Å². The normalized spacial score (nSPS) is 15.7. The minimum atomic E-state index is -1.01. The Hall–Kier alpha value is -2.61. The SMILES string of the molecule is O=C(O)c1sc([C@H]2CCCN2C(=O)COc2ccc(Cl)cc2)nc1Cc1ccc(Cl)cc1. The first kappa shape index (κ1) is 22.6. The third-order valence-corrected chi connectivity index (χ3v) is 6.92. The van der Waals surface area contributed by atoms with E-state index in [2.05, 4.69) is 4.98 Å². The molecule has 1 aliphatic rings. The summed E-state index contributed by atoms with van der Waals surface area (Å²) in [6.07, 6.45) is 1.95.